The van der Waals surface area contributed by atoms with E-state index in [0.717, 1.165) is 6.08 Å². The minimum absolute atomic E-state index is 0.0965. The lowest BCUT2D eigenvalue weighted by atomic mass is 10.1. The van der Waals surface area contributed by atoms with Gasteiger partial charge in [0.1, 0.15) is 11.6 Å². The first kappa shape index (κ1) is 23.6. The van der Waals surface area contributed by atoms with Crippen LogP contribution in [0.25, 0.3) is 12.2 Å². The maximum atomic E-state index is 12.2. The van der Waals surface area contributed by atoms with E-state index in [1.807, 2.05) is 6.07 Å². The summed E-state index contributed by atoms with van der Waals surface area (Å²) in [6, 6.07) is 12.1. The number of carbonyl (C=O) groups is 2. The lowest BCUT2D eigenvalue weighted by molar-refractivity contribution is -0.384. The number of ether oxygens (including phenoxy) is 2. The normalized spacial score (nSPS) is 10.8. The van der Waals surface area contributed by atoms with Crippen LogP contribution in [-0.2, 0) is 9.59 Å². The second-order valence-electron chi connectivity index (χ2n) is 6.19. The highest BCUT2D eigenvalue weighted by Crippen LogP contribution is 2.29. The number of non-ortho nitro benzene ring substituents is 1. The molecular weight excluding hydrogens is 414 g/mol. The van der Waals surface area contributed by atoms with Crippen LogP contribution in [0.15, 0.2) is 66.8 Å². The van der Waals surface area contributed by atoms with Crippen molar-refractivity contribution in [3.8, 4) is 17.6 Å². The predicted molar refractivity (Wildman–Crippen MR) is 118 cm³/mol. The van der Waals surface area contributed by atoms with E-state index in [1.165, 1.54) is 55.7 Å². The molecule has 0 fully saturated rings. The molecule has 9 heteroatoms. The lowest BCUT2D eigenvalue weighted by Gasteiger charge is -2.09. The first-order valence-electron chi connectivity index (χ1n) is 9.21. The van der Waals surface area contributed by atoms with Crippen LogP contribution < -0.4 is 14.8 Å². The van der Waals surface area contributed by atoms with Gasteiger partial charge in [-0.2, -0.15) is 5.26 Å². The summed E-state index contributed by atoms with van der Waals surface area (Å²) in [6.45, 7) is 3.71. The molecule has 2 rings (SSSR count). The summed E-state index contributed by atoms with van der Waals surface area (Å²) >= 11 is 0. The van der Waals surface area contributed by atoms with E-state index in [2.05, 4.69) is 11.9 Å². The summed E-state index contributed by atoms with van der Waals surface area (Å²) in [5.74, 6) is -0.944. The number of esters is 1. The monoisotopic (exact) mass is 433 g/mol. The molecule has 0 spiro atoms. The molecule has 0 saturated heterocycles. The number of benzene rings is 2. The third-order valence-electron chi connectivity index (χ3n) is 3.97. The number of hydrogen-bond acceptors (Lipinski definition) is 7. The zero-order valence-corrected chi connectivity index (χ0v) is 17.1. The van der Waals surface area contributed by atoms with Gasteiger partial charge in [-0.15, -0.1) is 6.58 Å². The van der Waals surface area contributed by atoms with Crippen LogP contribution in [0.3, 0.4) is 0 Å². The van der Waals surface area contributed by atoms with Crippen molar-refractivity contribution in [2.75, 3.05) is 13.7 Å². The van der Waals surface area contributed by atoms with E-state index in [4.69, 9.17) is 9.47 Å². The molecule has 0 radical (unpaired) electrons. The van der Waals surface area contributed by atoms with Crippen LogP contribution >= 0.6 is 0 Å². The first-order valence-corrected chi connectivity index (χ1v) is 9.21. The largest absolute Gasteiger partial charge is 0.493 e. The van der Waals surface area contributed by atoms with Gasteiger partial charge >= 0.3 is 5.97 Å². The van der Waals surface area contributed by atoms with E-state index < -0.39 is 16.8 Å². The number of nitro benzene ring substituents is 1. The number of nitro groups is 1. The van der Waals surface area contributed by atoms with Crippen molar-refractivity contribution < 1.29 is 24.0 Å². The summed E-state index contributed by atoms with van der Waals surface area (Å²) in [7, 11) is 1.38. The van der Waals surface area contributed by atoms with Crippen molar-refractivity contribution in [3.05, 3.63) is 88.0 Å². The zero-order valence-electron chi connectivity index (χ0n) is 17.1. The van der Waals surface area contributed by atoms with E-state index in [1.54, 1.807) is 12.1 Å². The van der Waals surface area contributed by atoms with E-state index in [0.29, 0.717) is 11.1 Å². The Morgan fingerprint density at radius 1 is 1.22 bits per heavy atom. The van der Waals surface area contributed by atoms with Crippen molar-refractivity contribution in [3.63, 3.8) is 0 Å². The fraction of sp³-hybridized carbons (Fsp3) is 0.0870. The average molecular weight is 433 g/mol. The zero-order chi connectivity index (χ0) is 23.5. The van der Waals surface area contributed by atoms with Crippen LogP contribution in [0.1, 0.15) is 11.1 Å². The lowest BCUT2D eigenvalue weighted by Crippen LogP contribution is -2.24. The van der Waals surface area contributed by atoms with Gasteiger partial charge in [0, 0.05) is 24.8 Å². The topological polar surface area (TPSA) is 132 Å². The number of methoxy groups -OCH3 is 1. The van der Waals surface area contributed by atoms with Crippen LogP contribution in [-0.4, -0.2) is 30.5 Å². The SMILES string of the molecule is C=CCNC(=O)/C(C#N)=C/c1ccc(OC(=O)/C=C/c2cccc([N+](=O)[O-])c2)c(OC)c1. The van der Waals surface area contributed by atoms with Crippen LogP contribution in [0.2, 0.25) is 0 Å². The highest BCUT2D eigenvalue weighted by Gasteiger charge is 2.12. The number of rotatable bonds is 9. The second-order valence-corrected chi connectivity index (χ2v) is 6.19. The van der Waals surface area contributed by atoms with E-state index in [-0.39, 0.29) is 29.3 Å². The predicted octanol–water partition coefficient (Wildman–Crippen LogP) is 3.43. The molecule has 0 aliphatic heterocycles. The molecule has 0 aromatic heterocycles. The maximum Gasteiger partial charge on any atom is 0.336 e. The fourth-order valence-corrected chi connectivity index (χ4v) is 2.48. The minimum Gasteiger partial charge on any atom is -0.493 e. The van der Waals surface area contributed by atoms with Gasteiger partial charge in [0.05, 0.1) is 12.0 Å². The molecule has 1 N–H and O–H groups in total. The van der Waals surface area contributed by atoms with Crippen molar-refractivity contribution in [2.24, 2.45) is 0 Å². The number of nitrogens with zero attached hydrogens (tertiary/aromatic N) is 2. The number of nitrogens with one attached hydrogen (secondary N) is 1. The van der Waals surface area contributed by atoms with Crippen LogP contribution in [0, 0.1) is 21.4 Å². The molecule has 32 heavy (non-hydrogen) atoms. The number of nitriles is 1. The van der Waals surface area contributed by atoms with Gasteiger partial charge in [0.15, 0.2) is 11.5 Å². The van der Waals surface area contributed by atoms with Gasteiger partial charge in [-0.05, 0) is 35.4 Å². The van der Waals surface area contributed by atoms with Gasteiger partial charge in [-0.25, -0.2) is 4.79 Å². The molecule has 0 aliphatic carbocycles. The van der Waals surface area contributed by atoms with Gasteiger partial charge < -0.3 is 14.8 Å². The molecule has 0 heterocycles. The van der Waals surface area contributed by atoms with Crippen molar-refractivity contribution in [1.29, 1.82) is 5.26 Å². The molecular formula is C23H19N3O6. The standard InChI is InChI=1S/C23H19N3O6/c1-3-11-25-23(28)18(15-24)12-17-7-9-20(21(14-17)31-2)32-22(27)10-8-16-5-4-6-19(13-16)26(29)30/h3-10,12-14H,1,11H2,2H3,(H,25,28)/b10-8+,18-12+. The van der Waals surface area contributed by atoms with Gasteiger partial charge in [0.2, 0.25) is 0 Å². The smallest absolute Gasteiger partial charge is 0.336 e. The summed E-state index contributed by atoms with van der Waals surface area (Å²) in [6.07, 6.45) is 5.38. The Hall–Kier alpha value is -4.71. The summed E-state index contributed by atoms with van der Waals surface area (Å²) < 4.78 is 10.5. The Kier molecular flexibility index (Phi) is 8.45. The van der Waals surface area contributed by atoms with Crippen LogP contribution in [0.4, 0.5) is 5.69 Å². The fourth-order valence-electron chi connectivity index (χ4n) is 2.48. The minimum atomic E-state index is -0.723. The molecule has 2 aromatic rings. The summed E-state index contributed by atoms with van der Waals surface area (Å²) in [5, 5.41) is 22.5. The highest BCUT2D eigenvalue weighted by atomic mass is 16.6. The molecule has 0 atom stereocenters. The molecule has 0 aliphatic rings. The third-order valence-corrected chi connectivity index (χ3v) is 3.97. The summed E-state index contributed by atoms with van der Waals surface area (Å²) in [4.78, 5) is 34.4. The molecule has 0 bridgehead atoms. The van der Waals surface area contributed by atoms with Gasteiger partial charge in [-0.1, -0.05) is 24.3 Å². The van der Waals surface area contributed by atoms with Crippen LogP contribution in [0.5, 0.6) is 11.5 Å². The second kappa shape index (κ2) is 11.5. The Morgan fingerprint density at radius 3 is 2.66 bits per heavy atom. The van der Waals surface area contributed by atoms with Gasteiger partial charge in [0.25, 0.3) is 11.6 Å². The van der Waals surface area contributed by atoms with Gasteiger partial charge in [-0.3, -0.25) is 14.9 Å². The van der Waals surface area contributed by atoms with Crippen molar-refractivity contribution in [1.82, 2.24) is 5.32 Å². The molecule has 0 unspecified atom stereocenters. The quantitative estimate of drug-likeness (QED) is 0.122. The molecule has 9 nitrogen and oxygen atoms in total. The Labute approximate surface area is 184 Å². The number of amides is 1. The Morgan fingerprint density at radius 2 is 2.00 bits per heavy atom. The maximum absolute atomic E-state index is 12.2. The number of hydrogen-bond donors (Lipinski definition) is 1. The molecule has 0 saturated carbocycles. The van der Waals surface area contributed by atoms with E-state index >= 15 is 0 Å². The van der Waals surface area contributed by atoms with E-state index in [9.17, 15) is 25.0 Å². The third kappa shape index (κ3) is 6.67. The average Bonchev–Trinajstić information content (AvgIpc) is 2.80. The Balaban J connectivity index is 2.16. The van der Waals surface area contributed by atoms with Crippen molar-refractivity contribution in [2.45, 2.75) is 0 Å². The first-order chi connectivity index (χ1) is 15.4. The molecule has 2 aromatic carbocycles. The summed E-state index contributed by atoms with van der Waals surface area (Å²) in [5.41, 5.74) is 0.737. The number of carbonyl (C=O) groups excluding carboxylic acids is 2. The highest BCUT2D eigenvalue weighted by molar-refractivity contribution is 6.01. The molecule has 1 amide bonds. The molecule has 162 valence electrons. The van der Waals surface area contributed by atoms with Crippen molar-refractivity contribution >= 4 is 29.7 Å². The Bertz CT molecular complexity index is 1140.